The molecule has 3 N–H and O–H groups in total. The molecule has 0 spiro atoms. The summed E-state index contributed by atoms with van der Waals surface area (Å²) in [6.45, 7) is 0. The van der Waals surface area contributed by atoms with Gasteiger partial charge in [-0.2, -0.15) is 5.10 Å². The Morgan fingerprint density at radius 1 is 1.33 bits per heavy atom. The van der Waals surface area contributed by atoms with Gasteiger partial charge in [0.25, 0.3) is 0 Å². The normalized spacial score (nSPS) is 11.2. The molecule has 1 aromatic carbocycles. The first kappa shape index (κ1) is 8.43. The van der Waals surface area contributed by atoms with E-state index in [1.165, 1.54) is 11.3 Å². The molecule has 3 aromatic rings. The van der Waals surface area contributed by atoms with E-state index in [2.05, 4.69) is 10.2 Å². The Kier molecular flexibility index (Phi) is 1.58. The Balaban J connectivity index is 2.69. The number of anilines is 1. The second kappa shape index (κ2) is 2.80. The maximum atomic E-state index is 12.0. The van der Waals surface area contributed by atoms with E-state index in [0.717, 1.165) is 4.70 Å². The lowest BCUT2D eigenvalue weighted by Gasteiger charge is -1.94. The number of nitrogens with two attached hydrogens (primary N) is 1. The summed E-state index contributed by atoms with van der Waals surface area (Å²) >= 11 is 1.46. The van der Waals surface area contributed by atoms with Crippen LogP contribution in [0.3, 0.4) is 0 Å². The molecule has 0 amide bonds. The number of aromatic amines is 1. The SMILES string of the molecule is Nc1[nH]nc2sc3ccccc3c(=O)c12. The number of hydrogen-bond acceptors (Lipinski definition) is 4. The van der Waals surface area contributed by atoms with Crippen LogP contribution in [0.5, 0.6) is 0 Å². The van der Waals surface area contributed by atoms with E-state index in [-0.39, 0.29) is 5.43 Å². The molecule has 0 fully saturated rings. The number of nitrogens with one attached hydrogen (secondary N) is 1. The second-order valence-corrected chi connectivity index (χ2v) is 4.28. The summed E-state index contributed by atoms with van der Waals surface area (Å²) in [7, 11) is 0. The summed E-state index contributed by atoms with van der Waals surface area (Å²) in [6, 6.07) is 7.46. The molecule has 2 aromatic heterocycles. The molecule has 2 heterocycles. The Bertz CT molecular complexity index is 713. The first-order valence-corrected chi connectivity index (χ1v) is 5.24. The van der Waals surface area contributed by atoms with Gasteiger partial charge in [0.15, 0.2) is 4.83 Å². The molecule has 74 valence electrons. The third kappa shape index (κ3) is 1.07. The molecule has 0 unspecified atom stereocenters. The summed E-state index contributed by atoms with van der Waals surface area (Å²) in [4.78, 5) is 12.7. The lowest BCUT2D eigenvalue weighted by molar-refractivity contribution is 1.13. The van der Waals surface area contributed by atoms with Gasteiger partial charge in [-0.05, 0) is 12.1 Å². The third-order valence-corrected chi connectivity index (χ3v) is 3.39. The van der Waals surface area contributed by atoms with E-state index in [4.69, 9.17) is 5.73 Å². The van der Waals surface area contributed by atoms with E-state index >= 15 is 0 Å². The predicted molar refractivity (Wildman–Crippen MR) is 62.2 cm³/mol. The fraction of sp³-hybridized carbons (Fsp3) is 0. The Hall–Kier alpha value is -1.88. The van der Waals surface area contributed by atoms with E-state index in [0.29, 0.717) is 21.4 Å². The van der Waals surface area contributed by atoms with E-state index < -0.39 is 0 Å². The molecular formula is C10H7N3OS. The van der Waals surface area contributed by atoms with Crippen LogP contribution in [-0.4, -0.2) is 10.2 Å². The van der Waals surface area contributed by atoms with Crippen molar-refractivity contribution in [3.63, 3.8) is 0 Å². The first-order valence-electron chi connectivity index (χ1n) is 4.43. The molecule has 3 rings (SSSR count). The lowest BCUT2D eigenvalue weighted by atomic mass is 10.2. The molecule has 5 heteroatoms. The molecule has 0 aliphatic carbocycles. The Morgan fingerprint density at radius 3 is 3.00 bits per heavy atom. The molecular weight excluding hydrogens is 210 g/mol. The van der Waals surface area contributed by atoms with Crippen LogP contribution in [0.15, 0.2) is 29.1 Å². The number of hydrogen-bond donors (Lipinski definition) is 2. The standard InChI is InChI=1S/C10H7N3OS/c11-9-7-8(14)5-3-1-2-4-6(5)15-10(7)13-12-9/h1-4H,(H3,11,12,13). The highest BCUT2D eigenvalue weighted by Crippen LogP contribution is 2.24. The third-order valence-electron chi connectivity index (χ3n) is 2.33. The fourth-order valence-corrected chi connectivity index (χ4v) is 2.63. The number of benzene rings is 1. The fourth-order valence-electron chi connectivity index (χ4n) is 1.61. The zero-order chi connectivity index (χ0) is 10.4. The maximum Gasteiger partial charge on any atom is 0.201 e. The van der Waals surface area contributed by atoms with Gasteiger partial charge in [0.1, 0.15) is 11.2 Å². The number of nitrogens with zero attached hydrogens (tertiary/aromatic N) is 1. The van der Waals surface area contributed by atoms with E-state index in [1.807, 2.05) is 18.2 Å². The highest BCUT2D eigenvalue weighted by molar-refractivity contribution is 7.24. The molecule has 0 atom stereocenters. The molecule has 0 radical (unpaired) electrons. The smallest absolute Gasteiger partial charge is 0.201 e. The molecule has 4 nitrogen and oxygen atoms in total. The van der Waals surface area contributed by atoms with Crippen molar-refractivity contribution in [1.82, 2.24) is 10.2 Å². The van der Waals surface area contributed by atoms with Gasteiger partial charge in [-0.1, -0.05) is 12.1 Å². The number of nitrogen functional groups attached to an aromatic ring is 1. The zero-order valence-corrected chi connectivity index (χ0v) is 8.47. The number of H-pyrrole nitrogens is 1. The number of rotatable bonds is 0. The largest absolute Gasteiger partial charge is 0.383 e. The van der Waals surface area contributed by atoms with Crippen LogP contribution in [0.25, 0.3) is 20.3 Å². The molecule has 0 aliphatic rings. The van der Waals surface area contributed by atoms with Crippen molar-refractivity contribution in [2.24, 2.45) is 0 Å². The lowest BCUT2D eigenvalue weighted by Crippen LogP contribution is -2.01. The summed E-state index contributed by atoms with van der Waals surface area (Å²) in [6.07, 6.45) is 0. The van der Waals surface area contributed by atoms with Gasteiger partial charge in [0.2, 0.25) is 5.43 Å². The summed E-state index contributed by atoms with van der Waals surface area (Å²) < 4.78 is 0.932. The van der Waals surface area contributed by atoms with Gasteiger partial charge < -0.3 is 5.73 Å². The molecule has 0 saturated heterocycles. The van der Waals surface area contributed by atoms with Crippen molar-refractivity contribution in [3.05, 3.63) is 34.5 Å². The van der Waals surface area contributed by atoms with Crippen LogP contribution in [-0.2, 0) is 0 Å². The summed E-state index contributed by atoms with van der Waals surface area (Å²) in [5, 5.41) is 7.82. The average Bonchev–Trinajstić information content (AvgIpc) is 2.61. The zero-order valence-electron chi connectivity index (χ0n) is 7.65. The number of aromatic nitrogens is 2. The molecule has 0 saturated carbocycles. The van der Waals surface area contributed by atoms with Crippen LogP contribution in [0, 0.1) is 0 Å². The minimum Gasteiger partial charge on any atom is -0.383 e. The van der Waals surface area contributed by atoms with Gasteiger partial charge in [0, 0.05) is 10.1 Å². The van der Waals surface area contributed by atoms with Gasteiger partial charge in [-0.25, -0.2) is 0 Å². The van der Waals surface area contributed by atoms with Crippen molar-refractivity contribution >= 4 is 37.5 Å². The van der Waals surface area contributed by atoms with Crippen molar-refractivity contribution < 1.29 is 0 Å². The van der Waals surface area contributed by atoms with Crippen molar-refractivity contribution in [2.45, 2.75) is 0 Å². The molecule has 0 bridgehead atoms. The minimum atomic E-state index is -0.0504. The Morgan fingerprint density at radius 2 is 2.13 bits per heavy atom. The summed E-state index contributed by atoms with van der Waals surface area (Å²) in [5.74, 6) is 0.344. The second-order valence-electron chi connectivity index (χ2n) is 3.24. The molecule has 15 heavy (non-hydrogen) atoms. The van der Waals surface area contributed by atoms with Crippen LogP contribution >= 0.6 is 11.3 Å². The van der Waals surface area contributed by atoms with E-state index in [9.17, 15) is 4.79 Å². The van der Waals surface area contributed by atoms with Crippen molar-refractivity contribution in [2.75, 3.05) is 5.73 Å². The van der Waals surface area contributed by atoms with Crippen LogP contribution in [0.2, 0.25) is 0 Å². The number of fused-ring (bicyclic) bond motifs is 2. The monoisotopic (exact) mass is 217 g/mol. The summed E-state index contributed by atoms with van der Waals surface area (Å²) in [5.41, 5.74) is 5.61. The molecule has 0 aliphatic heterocycles. The van der Waals surface area contributed by atoms with Crippen molar-refractivity contribution in [1.29, 1.82) is 0 Å². The van der Waals surface area contributed by atoms with Crippen LogP contribution in [0.1, 0.15) is 0 Å². The van der Waals surface area contributed by atoms with Gasteiger partial charge in [0.05, 0.1) is 0 Å². The van der Waals surface area contributed by atoms with E-state index in [1.54, 1.807) is 6.07 Å². The quantitative estimate of drug-likeness (QED) is 0.602. The highest BCUT2D eigenvalue weighted by atomic mass is 32.1. The van der Waals surface area contributed by atoms with Crippen molar-refractivity contribution in [3.8, 4) is 0 Å². The average molecular weight is 217 g/mol. The first-order chi connectivity index (χ1) is 7.27. The highest BCUT2D eigenvalue weighted by Gasteiger charge is 2.10. The minimum absolute atomic E-state index is 0.0504. The van der Waals surface area contributed by atoms with Crippen LogP contribution in [0.4, 0.5) is 5.82 Å². The predicted octanol–water partition coefficient (Wildman–Crippen LogP) is 1.72. The Labute approximate surface area is 88.3 Å². The topological polar surface area (TPSA) is 71.8 Å². The maximum absolute atomic E-state index is 12.0. The van der Waals surface area contributed by atoms with Crippen LogP contribution < -0.4 is 11.2 Å². The van der Waals surface area contributed by atoms with Gasteiger partial charge in [-0.15, -0.1) is 11.3 Å². The van der Waals surface area contributed by atoms with Gasteiger partial charge in [-0.3, -0.25) is 9.89 Å². The van der Waals surface area contributed by atoms with Gasteiger partial charge >= 0.3 is 0 Å².